The molecule has 0 aromatic carbocycles. The highest BCUT2D eigenvalue weighted by Crippen LogP contribution is 2.33. The molecule has 0 amide bonds. The fourth-order valence-electron chi connectivity index (χ4n) is 2.90. The molecule has 2 atom stereocenters. The average Bonchev–Trinajstić information content (AvgIpc) is 3.03. The molecule has 1 unspecified atom stereocenters. The molecule has 0 aromatic rings. The standard InChI is InChI=1S/C13H24N2/c1-14-9-12-5-3-4-6-13(12)15(2)10-11-7-8-11/h9,11-13H,3-8,10H2,1-2H3/b14-9+/t12?,13-/m0/s1. The van der Waals surface area contributed by atoms with Crippen LogP contribution in [0.2, 0.25) is 0 Å². The SMILES string of the molecule is C/N=C/C1CCCC[C@@H]1N(C)CC1CC1. The highest BCUT2D eigenvalue weighted by Gasteiger charge is 2.30. The number of nitrogens with zero attached hydrogens (tertiary/aromatic N) is 2. The van der Waals surface area contributed by atoms with Gasteiger partial charge >= 0.3 is 0 Å². The molecular formula is C13H24N2. The third-order valence-corrected chi connectivity index (χ3v) is 3.93. The first kappa shape index (κ1) is 11.1. The summed E-state index contributed by atoms with van der Waals surface area (Å²) in [6.45, 7) is 1.32. The second-order valence-electron chi connectivity index (χ2n) is 5.31. The molecule has 0 aliphatic heterocycles. The third kappa shape index (κ3) is 3.04. The molecule has 86 valence electrons. The molecule has 2 rings (SSSR count). The number of aliphatic imine (C=N–C) groups is 1. The van der Waals surface area contributed by atoms with Crippen LogP contribution in [0.3, 0.4) is 0 Å². The maximum absolute atomic E-state index is 4.24. The van der Waals surface area contributed by atoms with Crippen LogP contribution < -0.4 is 0 Å². The van der Waals surface area contributed by atoms with Gasteiger partial charge in [0.1, 0.15) is 0 Å². The van der Waals surface area contributed by atoms with Gasteiger partial charge in [-0.15, -0.1) is 0 Å². The summed E-state index contributed by atoms with van der Waals surface area (Å²) in [5, 5.41) is 0. The van der Waals surface area contributed by atoms with Crippen LogP contribution >= 0.6 is 0 Å². The van der Waals surface area contributed by atoms with Gasteiger partial charge in [-0.05, 0) is 38.6 Å². The Labute approximate surface area is 93.8 Å². The average molecular weight is 208 g/mol. The number of hydrogen-bond acceptors (Lipinski definition) is 2. The van der Waals surface area contributed by atoms with Crippen LogP contribution in [0, 0.1) is 11.8 Å². The van der Waals surface area contributed by atoms with Crippen LogP contribution in [-0.4, -0.2) is 37.8 Å². The number of hydrogen-bond donors (Lipinski definition) is 0. The molecule has 15 heavy (non-hydrogen) atoms. The summed E-state index contributed by atoms with van der Waals surface area (Å²) >= 11 is 0. The molecule has 0 radical (unpaired) electrons. The first-order chi connectivity index (χ1) is 7.31. The van der Waals surface area contributed by atoms with Crippen LogP contribution in [0.4, 0.5) is 0 Å². The first-order valence-electron chi connectivity index (χ1n) is 6.43. The van der Waals surface area contributed by atoms with E-state index in [-0.39, 0.29) is 0 Å². The van der Waals surface area contributed by atoms with Crippen molar-refractivity contribution in [2.45, 2.75) is 44.6 Å². The molecule has 2 aliphatic rings. The van der Waals surface area contributed by atoms with Crippen molar-refractivity contribution in [1.82, 2.24) is 4.90 Å². The quantitative estimate of drug-likeness (QED) is 0.648. The summed E-state index contributed by atoms with van der Waals surface area (Å²) in [7, 11) is 4.22. The maximum atomic E-state index is 4.24. The van der Waals surface area contributed by atoms with Gasteiger partial charge in [0.25, 0.3) is 0 Å². The van der Waals surface area contributed by atoms with E-state index in [4.69, 9.17) is 0 Å². The Balaban J connectivity index is 1.89. The van der Waals surface area contributed by atoms with Crippen molar-refractivity contribution in [3.05, 3.63) is 0 Å². The van der Waals surface area contributed by atoms with E-state index in [0.717, 1.165) is 12.0 Å². The zero-order valence-corrected chi connectivity index (χ0v) is 10.2. The molecule has 0 spiro atoms. The lowest BCUT2D eigenvalue weighted by molar-refractivity contribution is 0.159. The van der Waals surface area contributed by atoms with E-state index in [1.165, 1.54) is 45.1 Å². The van der Waals surface area contributed by atoms with Crippen molar-refractivity contribution in [1.29, 1.82) is 0 Å². The van der Waals surface area contributed by atoms with Gasteiger partial charge in [-0.1, -0.05) is 12.8 Å². The zero-order chi connectivity index (χ0) is 10.7. The fraction of sp³-hybridized carbons (Fsp3) is 0.923. The molecule has 0 heterocycles. The maximum Gasteiger partial charge on any atom is 0.0273 e. The smallest absolute Gasteiger partial charge is 0.0273 e. The lowest BCUT2D eigenvalue weighted by atomic mass is 9.84. The van der Waals surface area contributed by atoms with Crippen molar-refractivity contribution >= 4 is 6.21 Å². The molecule has 0 aromatic heterocycles. The van der Waals surface area contributed by atoms with Crippen LogP contribution in [0.5, 0.6) is 0 Å². The lowest BCUT2D eigenvalue weighted by Crippen LogP contribution is -2.41. The summed E-state index contributed by atoms with van der Waals surface area (Å²) in [6.07, 6.45) is 10.6. The monoisotopic (exact) mass is 208 g/mol. The van der Waals surface area contributed by atoms with Crippen LogP contribution in [-0.2, 0) is 0 Å². The molecule has 0 saturated heterocycles. The van der Waals surface area contributed by atoms with Gasteiger partial charge in [-0.2, -0.15) is 0 Å². The van der Waals surface area contributed by atoms with Gasteiger partial charge in [0, 0.05) is 31.8 Å². The van der Waals surface area contributed by atoms with E-state index >= 15 is 0 Å². The molecular weight excluding hydrogens is 184 g/mol. The van der Waals surface area contributed by atoms with Gasteiger partial charge in [0.05, 0.1) is 0 Å². The van der Waals surface area contributed by atoms with Crippen molar-refractivity contribution in [3.63, 3.8) is 0 Å². The van der Waals surface area contributed by atoms with E-state index in [2.05, 4.69) is 23.2 Å². The van der Waals surface area contributed by atoms with E-state index in [1.54, 1.807) is 0 Å². The molecule has 2 nitrogen and oxygen atoms in total. The zero-order valence-electron chi connectivity index (χ0n) is 10.2. The van der Waals surface area contributed by atoms with Crippen molar-refractivity contribution in [2.24, 2.45) is 16.8 Å². The van der Waals surface area contributed by atoms with Crippen LogP contribution in [0.1, 0.15) is 38.5 Å². The molecule has 0 N–H and O–H groups in total. The summed E-state index contributed by atoms with van der Waals surface area (Å²) in [5.41, 5.74) is 0. The first-order valence-corrected chi connectivity index (χ1v) is 6.43. The predicted molar refractivity (Wildman–Crippen MR) is 65.5 cm³/mol. The van der Waals surface area contributed by atoms with Gasteiger partial charge in [-0.25, -0.2) is 0 Å². The van der Waals surface area contributed by atoms with E-state index < -0.39 is 0 Å². The Kier molecular flexibility index (Phi) is 3.79. The Morgan fingerprint density at radius 1 is 1.20 bits per heavy atom. The Morgan fingerprint density at radius 3 is 2.60 bits per heavy atom. The summed E-state index contributed by atoms with van der Waals surface area (Å²) in [6, 6.07) is 0.767. The minimum atomic E-state index is 0.715. The molecule has 2 fully saturated rings. The van der Waals surface area contributed by atoms with Crippen molar-refractivity contribution in [2.75, 3.05) is 20.6 Å². The van der Waals surface area contributed by atoms with E-state index in [0.29, 0.717) is 5.92 Å². The highest BCUT2D eigenvalue weighted by atomic mass is 15.1. The van der Waals surface area contributed by atoms with Gasteiger partial charge in [-0.3, -0.25) is 0 Å². The molecule has 0 bridgehead atoms. The van der Waals surface area contributed by atoms with E-state index in [9.17, 15) is 0 Å². The summed E-state index contributed by atoms with van der Waals surface area (Å²) in [4.78, 5) is 6.84. The lowest BCUT2D eigenvalue weighted by Gasteiger charge is -2.36. The van der Waals surface area contributed by atoms with Crippen molar-refractivity contribution < 1.29 is 0 Å². The number of rotatable bonds is 4. The van der Waals surface area contributed by atoms with Crippen LogP contribution in [0.15, 0.2) is 4.99 Å². The minimum absolute atomic E-state index is 0.715. The highest BCUT2D eigenvalue weighted by molar-refractivity contribution is 5.61. The Hall–Kier alpha value is -0.370. The largest absolute Gasteiger partial charge is 0.303 e. The molecule has 2 aliphatic carbocycles. The predicted octanol–water partition coefficient (Wildman–Crippen LogP) is 2.59. The van der Waals surface area contributed by atoms with Crippen molar-refractivity contribution in [3.8, 4) is 0 Å². The normalized spacial score (nSPS) is 32.7. The van der Waals surface area contributed by atoms with Crippen LogP contribution in [0.25, 0.3) is 0 Å². The second-order valence-corrected chi connectivity index (χ2v) is 5.31. The minimum Gasteiger partial charge on any atom is -0.303 e. The van der Waals surface area contributed by atoms with E-state index in [1.807, 2.05) is 7.05 Å². The second kappa shape index (κ2) is 5.11. The summed E-state index contributed by atoms with van der Waals surface area (Å²) in [5.74, 6) is 1.73. The van der Waals surface area contributed by atoms with Gasteiger partial charge in [0.15, 0.2) is 0 Å². The Morgan fingerprint density at radius 2 is 1.93 bits per heavy atom. The van der Waals surface area contributed by atoms with Gasteiger partial charge < -0.3 is 9.89 Å². The molecule has 2 saturated carbocycles. The topological polar surface area (TPSA) is 15.6 Å². The Bertz CT molecular complexity index is 221. The molecule has 2 heteroatoms. The third-order valence-electron chi connectivity index (χ3n) is 3.93. The fourth-order valence-corrected chi connectivity index (χ4v) is 2.90. The van der Waals surface area contributed by atoms with Gasteiger partial charge in [0.2, 0.25) is 0 Å². The summed E-state index contributed by atoms with van der Waals surface area (Å²) < 4.78 is 0.